The van der Waals surface area contributed by atoms with E-state index >= 15 is 0 Å². The van der Waals surface area contributed by atoms with Crippen LogP contribution >= 0.6 is 0 Å². The quantitative estimate of drug-likeness (QED) is 0.865. The summed E-state index contributed by atoms with van der Waals surface area (Å²) < 4.78 is 37.7. The largest absolute Gasteiger partial charge is 0.495 e. The van der Waals surface area contributed by atoms with Crippen LogP contribution in [-0.4, -0.2) is 32.3 Å². The Morgan fingerprint density at radius 1 is 1.18 bits per heavy atom. The van der Waals surface area contributed by atoms with E-state index in [0.717, 1.165) is 11.1 Å². The van der Waals surface area contributed by atoms with Crippen molar-refractivity contribution in [2.24, 2.45) is 0 Å². The van der Waals surface area contributed by atoms with Crippen LogP contribution in [0.4, 0.5) is 0 Å². The minimum absolute atomic E-state index is 0.125. The highest BCUT2D eigenvalue weighted by Gasteiger charge is 2.20. The van der Waals surface area contributed by atoms with E-state index in [1.54, 1.807) is 19.1 Å². The van der Waals surface area contributed by atoms with Gasteiger partial charge in [0.1, 0.15) is 10.6 Å². The lowest BCUT2D eigenvalue weighted by Gasteiger charge is -2.12. The molecule has 2 rings (SSSR count). The number of ether oxygens (including phenoxy) is 1. The lowest BCUT2D eigenvalue weighted by atomic mass is 10.1. The molecule has 1 heterocycles. The number of hydrogen-bond acceptors (Lipinski definition) is 6. The molecule has 8 heteroatoms. The normalized spacial score (nSPS) is 11.6. The molecule has 0 spiro atoms. The minimum atomic E-state index is -3.67. The van der Waals surface area contributed by atoms with Crippen molar-refractivity contribution in [2.75, 3.05) is 13.7 Å². The zero-order valence-corrected chi connectivity index (χ0v) is 13.8. The number of benzene rings is 1. The molecule has 7 nitrogen and oxygen atoms in total. The Labute approximate surface area is 129 Å². The van der Waals surface area contributed by atoms with Crippen LogP contribution in [0, 0.1) is 20.8 Å². The van der Waals surface area contributed by atoms with Gasteiger partial charge < -0.3 is 9.15 Å². The second-order valence-electron chi connectivity index (χ2n) is 4.95. The fourth-order valence-electron chi connectivity index (χ4n) is 1.94. The molecule has 0 saturated carbocycles. The van der Waals surface area contributed by atoms with Crippen molar-refractivity contribution in [3.63, 3.8) is 0 Å². The summed E-state index contributed by atoms with van der Waals surface area (Å²) in [7, 11) is -2.22. The molecular formula is C14H19N3O4S. The van der Waals surface area contributed by atoms with Crippen LogP contribution in [0.3, 0.4) is 0 Å². The van der Waals surface area contributed by atoms with Gasteiger partial charge in [-0.3, -0.25) is 0 Å². The van der Waals surface area contributed by atoms with Crippen molar-refractivity contribution in [3.05, 3.63) is 35.0 Å². The van der Waals surface area contributed by atoms with Crippen LogP contribution in [0.1, 0.15) is 22.9 Å². The topological polar surface area (TPSA) is 94.3 Å². The van der Waals surface area contributed by atoms with Gasteiger partial charge in [0, 0.05) is 19.9 Å². The fraction of sp³-hybridized carbons (Fsp3) is 0.429. The molecule has 1 aromatic carbocycles. The molecule has 2 aromatic rings. The van der Waals surface area contributed by atoms with E-state index in [9.17, 15) is 8.42 Å². The summed E-state index contributed by atoms with van der Waals surface area (Å²) in [5.74, 6) is 1.17. The van der Waals surface area contributed by atoms with Gasteiger partial charge in [-0.25, -0.2) is 13.1 Å². The third-order valence-electron chi connectivity index (χ3n) is 3.27. The zero-order valence-electron chi connectivity index (χ0n) is 13.0. The standard InChI is InChI=1S/C14H19N3O4S/c1-9-7-12(20-4)13(8-10(9)2)22(18,19)15-6-5-14-17-16-11(3)21-14/h7-8,15H,5-6H2,1-4H3. The highest BCUT2D eigenvalue weighted by atomic mass is 32.2. The third kappa shape index (κ3) is 3.63. The van der Waals surface area contributed by atoms with Crippen molar-refractivity contribution in [3.8, 4) is 5.75 Å². The van der Waals surface area contributed by atoms with Gasteiger partial charge in [0.15, 0.2) is 0 Å². The van der Waals surface area contributed by atoms with Gasteiger partial charge in [0.05, 0.1) is 7.11 Å². The van der Waals surface area contributed by atoms with Crippen LogP contribution in [-0.2, 0) is 16.4 Å². The van der Waals surface area contributed by atoms with Crippen molar-refractivity contribution in [1.82, 2.24) is 14.9 Å². The zero-order chi connectivity index (χ0) is 16.3. The molecular weight excluding hydrogens is 306 g/mol. The number of hydrogen-bond donors (Lipinski definition) is 1. The monoisotopic (exact) mass is 325 g/mol. The molecule has 22 heavy (non-hydrogen) atoms. The first-order valence-electron chi connectivity index (χ1n) is 6.77. The first-order chi connectivity index (χ1) is 10.3. The number of rotatable bonds is 6. The molecule has 0 radical (unpaired) electrons. The van der Waals surface area contributed by atoms with Crippen molar-refractivity contribution < 1.29 is 17.6 Å². The maximum atomic E-state index is 12.4. The Morgan fingerprint density at radius 2 is 1.86 bits per heavy atom. The van der Waals surface area contributed by atoms with Crippen LogP contribution in [0.5, 0.6) is 5.75 Å². The number of aryl methyl sites for hydroxylation is 3. The summed E-state index contributed by atoms with van der Waals surface area (Å²) in [5.41, 5.74) is 1.85. The van der Waals surface area contributed by atoms with Gasteiger partial charge in [-0.05, 0) is 37.1 Å². The second-order valence-corrected chi connectivity index (χ2v) is 6.69. The SMILES string of the molecule is COc1cc(C)c(C)cc1S(=O)(=O)NCCc1nnc(C)o1. The Morgan fingerprint density at radius 3 is 2.45 bits per heavy atom. The number of sulfonamides is 1. The smallest absolute Gasteiger partial charge is 0.244 e. The lowest BCUT2D eigenvalue weighted by molar-refractivity contribution is 0.401. The van der Waals surface area contributed by atoms with Crippen LogP contribution in [0.2, 0.25) is 0 Å². The third-order valence-corrected chi connectivity index (χ3v) is 4.75. The summed E-state index contributed by atoms with van der Waals surface area (Å²) in [4.78, 5) is 0.125. The number of methoxy groups -OCH3 is 1. The summed E-state index contributed by atoms with van der Waals surface area (Å²) in [6.07, 6.45) is 0.327. The van der Waals surface area contributed by atoms with Crippen LogP contribution in [0.15, 0.2) is 21.4 Å². The van der Waals surface area contributed by atoms with Gasteiger partial charge in [-0.15, -0.1) is 10.2 Å². The van der Waals surface area contributed by atoms with Crippen LogP contribution in [0.25, 0.3) is 0 Å². The average Bonchev–Trinajstić information content (AvgIpc) is 2.86. The molecule has 0 saturated heterocycles. The van der Waals surface area contributed by atoms with Gasteiger partial charge in [0.25, 0.3) is 0 Å². The molecule has 0 aliphatic carbocycles. The minimum Gasteiger partial charge on any atom is -0.495 e. The lowest BCUT2D eigenvalue weighted by Crippen LogP contribution is -2.26. The molecule has 1 aromatic heterocycles. The highest BCUT2D eigenvalue weighted by Crippen LogP contribution is 2.27. The second kappa shape index (κ2) is 6.45. The predicted octanol–water partition coefficient (Wildman–Crippen LogP) is 1.52. The van der Waals surface area contributed by atoms with E-state index in [1.807, 2.05) is 13.8 Å². The average molecular weight is 325 g/mol. The van der Waals surface area contributed by atoms with E-state index in [2.05, 4.69) is 14.9 Å². The maximum Gasteiger partial charge on any atom is 0.244 e. The number of nitrogens with one attached hydrogen (secondary N) is 1. The Bertz CT molecular complexity index is 768. The summed E-state index contributed by atoms with van der Waals surface area (Å²) >= 11 is 0. The summed E-state index contributed by atoms with van der Waals surface area (Å²) in [5, 5.41) is 7.52. The summed E-state index contributed by atoms with van der Waals surface area (Å²) in [6, 6.07) is 3.32. The predicted molar refractivity (Wildman–Crippen MR) is 80.4 cm³/mol. The van der Waals surface area contributed by atoms with E-state index in [-0.39, 0.29) is 11.4 Å². The van der Waals surface area contributed by atoms with E-state index in [0.29, 0.717) is 24.0 Å². The van der Waals surface area contributed by atoms with Gasteiger partial charge in [-0.1, -0.05) is 0 Å². The number of aromatic nitrogens is 2. The maximum absolute atomic E-state index is 12.4. The molecule has 0 aliphatic heterocycles. The fourth-order valence-corrected chi connectivity index (χ4v) is 3.21. The van der Waals surface area contributed by atoms with Gasteiger partial charge in [-0.2, -0.15) is 0 Å². The van der Waals surface area contributed by atoms with E-state index in [4.69, 9.17) is 9.15 Å². The Kier molecular flexibility index (Phi) is 4.82. The van der Waals surface area contributed by atoms with Crippen molar-refractivity contribution in [2.45, 2.75) is 32.1 Å². The molecule has 120 valence electrons. The summed E-state index contributed by atoms with van der Waals surface area (Å²) in [6.45, 7) is 5.61. The number of nitrogens with zero attached hydrogens (tertiary/aromatic N) is 2. The first-order valence-corrected chi connectivity index (χ1v) is 8.25. The molecule has 0 unspecified atom stereocenters. The molecule has 0 aliphatic rings. The van der Waals surface area contributed by atoms with Crippen molar-refractivity contribution in [1.29, 1.82) is 0 Å². The highest BCUT2D eigenvalue weighted by molar-refractivity contribution is 7.89. The van der Waals surface area contributed by atoms with E-state index < -0.39 is 10.0 Å². The molecule has 0 bridgehead atoms. The Hall–Kier alpha value is -1.93. The molecule has 1 N–H and O–H groups in total. The van der Waals surface area contributed by atoms with E-state index in [1.165, 1.54) is 7.11 Å². The van der Waals surface area contributed by atoms with Gasteiger partial charge >= 0.3 is 0 Å². The van der Waals surface area contributed by atoms with Crippen molar-refractivity contribution >= 4 is 10.0 Å². The molecule has 0 atom stereocenters. The molecule has 0 fully saturated rings. The molecule has 0 amide bonds. The van der Waals surface area contributed by atoms with Gasteiger partial charge in [0.2, 0.25) is 21.8 Å². The Balaban J connectivity index is 2.14. The van der Waals surface area contributed by atoms with Crippen LogP contribution < -0.4 is 9.46 Å². The first kappa shape index (κ1) is 16.4.